The molecule has 1 aliphatic carbocycles. The molecule has 1 aromatic rings. The van der Waals surface area contributed by atoms with E-state index in [0.717, 1.165) is 25.0 Å². The number of nitrogens with one attached hydrogen (secondary N) is 1. The lowest BCUT2D eigenvalue weighted by Crippen LogP contribution is -2.35. The average molecular weight is 237 g/mol. The van der Waals surface area contributed by atoms with E-state index in [1.165, 1.54) is 12.8 Å². The molecule has 1 aliphatic rings. The number of rotatable bonds is 6. The van der Waals surface area contributed by atoms with Crippen molar-refractivity contribution in [3.63, 3.8) is 0 Å². The molecular weight excluding hydrogens is 214 g/mol. The summed E-state index contributed by atoms with van der Waals surface area (Å²) in [6, 6.07) is 5.17. The molecule has 1 heterocycles. The SMILES string of the molecule is COC1CCC(NC(C)CCc2ccco2)C1. The number of furan rings is 1. The minimum atomic E-state index is 0.463. The minimum Gasteiger partial charge on any atom is -0.469 e. The highest BCUT2D eigenvalue weighted by molar-refractivity contribution is 4.98. The molecule has 0 bridgehead atoms. The normalized spacial score (nSPS) is 26.2. The van der Waals surface area contributed by atoms with Crippen molar-refractivity contribution >= 4 is 0 Å². The third kappa shape index (κ3) is 3.86. The van der Waals surface area contributed by atoms with E-state index >= 15 is 0 Å². The molecule has 17 heavy (non-hydrogen) atoms. The Kier molecular flexibility index (Phi) is 4.63. The molecule has 2 rings (SSSR count). The molecule has 0 aliphatic heterocycles. The van der Waals surface area contributed by atoms with E-state index in [0.29, 0.717) is 18.2 Å². The van der Waals surface area contributed by atoms with Gasteiger partial charge in [-0.1, -0.05) is 0 Å². The summed E-state index contributed by atoms with van der Waals surface area (Å²) in [6.07, 6.45) is 7.94. The minimum absolute atomic E-state index is 0.463. The maximum absolute atomic E-state index is 5.39. The number of aryl methyl sites for hydroxylation is 1. The molecule has 3 unspecified atom stereocenters. The largest absolute Gasteiger partial charge is 0.469 e. The Bertz CT molecular complexity index is 310. The van der Waals surface area contributed by atoms with E-state index in [-0.39, 0.29) is 0 Å². The first-order chi connectivity index (χ1) is 8.28. The summed E-state index contributed by atoms with van der Waals surface area (Å²) >= 11 is 0. The number of methoxy groups -OCH3 is 1. The van der Waals surface area contributed by atoms with Gasteiger partial charge < -0.3 is 14.5 Å². The fraction of sp³-hybridized carbons (Fsp3) is 0.714. The molecule has 3 heteroatoms. The molecule has 1 saturated carbocycles. The van der Waals surface area contributed by atoms with Crippen LogP contribution in [0.4, 0.5) is 0 Å². The highest BCUT2D eigenvalue weighted by atomic mass is 16.5. The van der Waals surface area contributed by atoms with E-state index in [1.54, 1.807) is 6.26 Å². The molecule has 0 aromatic carbocycles. The lowest BCUT2D eigenvalue weighted by molar-refractivity contribution is 0.106. The Morgan fingerprint density at radius 3 is 3.06 bits per heavy atom. The van der Waals surface area contributed by atoms with Crippen molar-refractivity contribution in [3.8, 4) is 0 Å². The maximum Gasteiger partial charge on any atom is 0.103 e. The topological polar surface area (TPSA) is 34.4 Å². The van der Waals surface area contributed by atoms with Crippen LogP contribution < -0.4 is 5.32 Å². The summed E-state index contributed by atoms with van der Waals surface area (Å²) in [5.74, 6) is 1.08. The van der Waals surface area contributed by atoms with Crippen LogP contribution in [0.15, 0.2) is 22.8 Å². The first kappa shape index (κ1) is 12.7. The van der Waals surface area contributed by atoms with Gasteiger partial charge in [0.15, 0.2) is 0 Å². The van der Waals surface area contributed by atoms with E-state index in [1.807, 2.05) is 19.2 Å². The second kappa shape index (κ2) is 6.22. The molecule has 96 valence electrons. The third-order valence-electron chi connectivity index (χ3n) is 3.64. The van der Waals surface area contributed by atoms with Crippen molar-refractivity contribution in [2.24, 2.45) is 0 Å². The van der Waals surface area contributed by atoms with Crippen LogP contribution in [0.2, 0.25) is 0 Å². The van der Waals surface area contributed by atoms with Gasteiger partial charge in [-0.15, -0.1) is 0 Å². The van der Waals surface area contributed by atoms with Gasteiger partial charge >= 0.3 is 0 Å². The first-order valence-corrected chi connectivity index (χ1v) is 6.59. The zero-order valence-electron chi connectivity index (χ0n) is 10.8. The standard InChI is InChI=1S/C14H23NO2/c1-11(5-7-13-4-3-9-17-13)15-12-6-8-14(10-12)16-2/h3-4,9,11-12,14-15H,5-8,10H2,1-2H3. The first-order valence-electron chi connectivity index (χ1n) is 6.59. The maximum atomic E-state index is 5.39. The zero-order valence-corrected chi connectivity index (χ0v) is 10.8. The quantitative estimate of drug-likeness (QED) is 0.826. The van der Waals surface area contributed by atoms with Crippen LogP contribution in [0.3, 0.4) is 0 Å². The fourth-order valence-corrected chi connectivity index (χ4v) is 2.60. The van der Waals surface area contributed by atoms with Crippen molar-refractivity contribution < 1.29 is 9.15 Å². The van der Waals surface area contributed by atoms with Crippen LogP contribution in [0.1, 0.15) is 38.4 Å². The number of hydrogen-bond acceptors (Lipinski definition) is 3. The van der Waals surface area contributed by atoms with Crippen LogP contribution in [-0.2, 0) is 11.2 Å². The van der Waals surface area contributed by atoms with Gasteiger partial charge in [-0.3, -0.25) is 0 Å². The summed E-state index contributed by atoms with van der Waals surface area (Å²) in [4.78, 5) is 0. The summed E-state index contributed by atoms with van der Waals surface area (Å²) in [5.41, 5.74) is 0. The van der Waals surface area contributed by atoms with Crippen LogP contribution in [0.25, 0.3) is 0 Å². The van der Waals surface area contributed by atoms with Crippen molar-refractivity contribution in [3.05, 3.63) is 24.2 Å². The van der Waals surface area contributed by atoms with E-state index in [4.69, 9.17) is 9.15 Å². The van der Waals surface area contributed by atoms with Gasteiger partial charge in [0.25, 0.3) is 0 Å². The Hall–Kier alpha value is -0.800. The van der Waals surface area contributed by atoms with Gasteiger partial charge in [-0.2, -0.15) is 0 Å². The molecule has 0 amide bonds. The molecule has 3 nitrogen and oxygen atoms in total. The van der Waals surface area contributed by atoms with Crippen LogP contribution >= 0.6 is 0 Å². The molecule has 3 atom stereocenters. The van der Waals surface area contributed by atoms with Gasteiger partial charge in [0, 0.05) is 25.6 Å². The second-order valence-electron chi connectivity index (χ2n) is 5.05. The zero-order chi connectivity index (χ0) is 12.1. The molecule has 0 radical (unpaired) electrons. The van der Waals surface area contributed by atoms with Gasteiger partial charge in [0.05, 0.1) is 12.4 Å². The van der Waals surface area contributed by atoms with Crippen LogP contribution in [0, 0.1) is 0 Å². The monoisotopic (exact) mass is 237 g/mol. The number of hydrogen-bond donors (Lipinski definition) is 1. The summed E-state index contributed by atoms with van der Waals surface area (Å²) in [6.45, 7) is 2.25. The Balaban J connectivity index is 1.65. The highest BCUT2D eigenvalue weighted by Crippen LogP contribution is 2.22. The van der Waals surface area contributed by atoms with Crippen LogP contribution in [-0.4, -0.2) is 25.3 Å². The molecule has 0 saturated heterocycles. The van der Waals surface area contributed by atoms with E-state index in [9.17, 15) is 0 Å². The predicted molar refractivity (Wildman–Crippen MR) is 68.1 cm³/mol. The van der Waals surface area contributed by atoms with Crippen molar-refractivity contribution in [2.45, 2.75) is 57.2 Å². The molecule has 0 spiro atoms. The average Bonchev–Trinajstić information content (AvgIpc) is 2.97. The van der Waals surface area contributed by atoms with Crippen LogP contribution in [0.5, 0.6) is 0 Å². The Morgan fingerprint density at radius 2 is 2.41 bits per heavy atom. The Labute approximate surface area is 104 Å². The predicted octanol–water partition coefficient (Wildman–Crippen LogP) is 2.76. The van der Waals surface area contributed by atoms with Crippen molar-refractivity contribution in [1.29, 1.82) is 0 Å². The molecule has 1 fully saturated rings. The lowest BCUT2D eigenvalue weighted by atomic mass is 10.1. The molecule has 1 aromatic heterocycles. The van der Waals surface area contributed by atoms with Gasteiger partial charge in [0.2, 0.25) is 0 Å². The third-order valence-corrected chi connectivity index (χ3v) is 3.64. The highest BCUT2D eigenvalue weighted by Gasteiger charge is 2.25. The lowest BCUT2D eigenvalue weighted by Gasteiger charge is -2.19. The van der Waals surface area contributed by atoms with Gasteiger partial charge in [-0.05, 0) is 44.7 Å². The summed E-state index contributed by atoms with van der Waals surface area (Å²) in [5, 5.41) is 3.68. The van der Waals surface area contributed by atoms with E-state index in [2.05, 4.69) is 12.2 Å². The number of ether oxygens (including phenoxy) is 1. The molecular formula is C14H23NO2. The van der Waals surface area contributed by atoms with E-state index < -0.39 is 0 Å². The van der Waals surface area contributed by atoms with Crippen molar-refractivity contribution in [2.75, 3.05) is 7.11 Å². The smallest absolute Gasteiger partial charge is 0.103 e. The Morgan fingerprint density at radius 1 is 1.53 bits per heavy atom. The summed E-state index contributed by atoms with van der Waals surface area (Å²) in [7, 11) is 1.81. The second-order valence-corrected chi connectivity index (χ2v) is 5.05. The summed E-state index contributed by atoms with van der Waals surface area (Å²) < 4.78 is 10.7. The van der Waals surface area contributed by atoms with Gasteiger partial charge in [-0.25, -0.2) is 0 Å². The molecule has 1 N–H and O–H groups in total. The fourth-order valence-electron chi connectivity index (χ4n) is 2.60. The van der Waals surface area contributed by atoms with Crippen molar-refractivity contribution in [1.82, 2.24) is 5.32 Å². The van der Waals surface area contributed by atoms with Gasteiger partial charge in [0.1, 0.15) is 5.76 Å².